The van der Waals surface area contributed by atoms with Crippen molar-refractivity contribution in [2.24, 2.45) is 5.84 Å². The average Bonchev–Trinajstić information content (AvgIpc) is 2.43. The van der Waals surface area contributed by atoms with E-state index in [2.05, 4.69) is 41.0 Å². The van der Waals surface area contributed by atoms with E-state index in [1.807, 2.05) is 6.92 Å². The van der Waals surface area contributed by atoms with Gasteiger partial charge in [-0.05, 0) is 34.5 Å². The first kappa shape index (κ1) is 14.6. The van der Waals surface area contributed by atoms with E-state index in [1.165, 1.54) is 6.20 Å². The molecule has 2 aromatic rings. The number of aromatic nitrogens is 3. The molecule has 0 saturated carbocycles. The minimum Gasteiger partial charge on any atom is -0.292 e. The van der Waals surface area contributed by atoms with Gasteiger partial charge in [0, 0.05) is 10.7 Å². The summed E-state index contributed by atoms with van der Waals surface area (Å²) in [7, 11) is -3.79. The number of hydrogen-bond acceptors (Lipinski definition) is 7. The molecule has 4 N–H and O–H groups in total. The molecule has 0 atom stereocenters. The fraction of sp³-hybridized carbons (Fsp3) is 0.100. The number of sulfonamides is 1. The van der Waals surface area contributed by atoms with Gasteiger partial charge in [-0.1, -0.05) is 0 Å². The van der Waals surface area contributed by atoms with Gasteiger partial charge >= 0.3 is 0 Å². The highest BCUT2D eigenvalue weighted by Gasteiger charge is 2.16. The minimum absolute atomic E-state index is 0.0844. The van der Waals surface area contributed by atoms with Crippen LogP contribution in [0.3, 0.4) is 0 Å². The molecule has 2 heterocycles. The summed E-state index contributed by atoms with van der Waals surface area (Å²) in [5.41, 5.74) is 3.07. The molecule has 106 valence electrons. The Bertz CT molecular complexity index is 719. The van der Waals surface area contributed by atoms with Gasteiger partial charge in [-0.3, -0.25) is 10.1 Å². The second-order valence-electron chi connectivity index (χ2n) is 3.81. The van der Waals surface area contributed by atoms with E-state index in [1.54, 1.807) is 6.07 Å². The van der Waals surface area contributed by atoms with Crippen LogP contribution < -0.4 is 16.0 Å². The Labute approximate surface area is 124 Å². The molecule has 0 aliphatic heterocycles. The number of hydrogen-bond donors (Lipinski definition) is 3. The molecule has 0 radical (unpaired) electrons. The molecule has 0 bridgehead atoms. The van der Waals surface area contributed by atoms with Crippen molar-refractivity contribution in [3.05, 3.63) is 34.7 Å². The quantitative estimate of drug-likeness (QED) is 0.550. The Morgan fingerprint density at radius 1 is 1.20 bits per heavy atom. The molecule has 10 heteroatoms. The maximum absolute atomic E-state index is 12.1. The Morgan fingerprint density at radius 2 is 1.85 bits per heavy atom. The highest BCUT2D eigenvalue weighted by Crippen LogP contribution is 2.19. The second-order valence-corrected chi connectivity index (χ2v) is 6.35. The lowest BCUT2D eigenvalue weighted by Crippen LogP contribution is -2.16. The van der Waals surface area contributed by atoms with E-state index in [9.17, 15) is 8.42 Å². The Kier molecular flexibility index (Phi) is 4.16. The number of nitrogen functional groups attached to an aromatic ring is 1. The van der Waals surface area contributed by atoms with Crippen LogP contribution in [-0.2, 0) is 10.0 Å². The van der Waals surface area contributed by atoms with E-state index >= 15 is 0 Å². The van der Waals surface area contributed by atoms with Gasteiger partial charge in [0.25, 0.3) is 10.0 Å². The lowest BCUT2D eigenvalue weighted by Gasteiger charge is -2.08. The number of nitrogens with one attached hydrogen (secondary N) is 2. The van der Waals surface area contributed by atoms with Crippen LogP contribution >= 0.6 is 15.9 Å². The normalized spacial score (nSPS) is 11.2. The summed E-state index contributed by atoms with van der Waals surface area (Å²) in [4.78, 5) is 11.4. The van der Waals surface area contributed by atoms with Crippen LogP contribution in [0.4, 0.5) is 11.8 Å². The third kappa shape index (κ3) is 3.21. The monoisotopic (exact) mass is 358 g/mol. The summed E-state index contributed by atoms with van der Waals surface area (Å²) in [6.07, 6.45) is 3.82. The number of anilines is 2. The summed E-state index contributed by atoms with van der Waals surface area (Å²) < 4.78 is 27.3. The summed E-state index contributed by atoms with van der Waals surface area (Å²) in [5, 5.41) is 0. The predicted molar refractivity (Wildman–Crippen MR) is 77.3 cm³/mol. The number of rotatable bonds is 4. The van der Waals surface area contributed by atoms with Gasteiger partial charge in [0.05, 0.1) is 12.4 Å². The van der Waals surface area contributed by atoms with Crippen LogP contribution in [0, 0.1) is 6.92 Å². The molecule has 0 aromatic carbocycles. The standard InChI is InChI=1S/C10H11BrN6O2S/c1-6-2-9(13-5-8(6)11)17-20(18,19)7-3-14-10(16-12)15-4-7/h2-5H,12H2,1H3,(H,13,17)(H,14,15,16). The zero-order valence-corrected chi connectivity index (χ0v) is 12.7. The van der Waals surface area contributed by atoms with Crippen molar-refractivity contribution in [3.63, 3.8) is 0 Å². The van der Waals surface area contributed by atoms with E-state index in [-0.39, 0.29) is 16.7 Å². The molecular weight excluding hydrogens is 348 g/mol. The van der Waals surface area contributed by atoms with Gasteiger partial charge in [0.2, 0.25) is 5.95 Å². The van der Waals surface area contributed by atoms with Crippen molar-refractivity contribution in [1.82, 2.24) is 15.0 Å². The van der Waals surface area contributed by atoms with Gasteiger partial charge in [-0.15, -0.1) is 0 Å². The molecule has 0 aliphatic carbocycles. The van der Waals surface area contributed by atoms with Crippen LogP contribution in [0.15, 0.2) is 34.0 Å². The van der Waals surface area contributed by atoms with Gasteiger partial charge in [-0.2, -0.15) is 0 Å². The van der Waals surface area contributed by atoms with Gasteiger partial charge in [0.15, 0.2) is 0 Å². The Hall–Kier alpha value is -1.78. The van der Waals surface area contributed by atoms with Crippen LogP contribution in [0.1, 0.15) is 5.56 Å². The minimum atomic E-state index is -3.79. The van der Waals surface area contributed by atoms with E-state index in [0.29, 0.717) is 0 Å². The molecule has 0 unspecified atom stereocenters. The number of hydrazine groups is 1. The molecule has 8 nitrogen and oxygen atoms in total. The van der Waals surface area contributed by atoms with Gasteiger partial charge < -0.3 is 0 Å². The van der Waals surface area contributed by atoms with E-state index in [0.717, 1.165) is 22.4 Å². The second kappa shape index (κ2) is 5.69. The smallest absolute Gasteiger partial charge is 0.266 e. The van der Waals surface area contributed by atoms with E-state index in [4.69, 9.17) is 5.84 Å². The summed E-state index contributed by atoms with van der Waals surface area (Å²) >= 11 is 3.29. The van der Waals surface area contributed by atoms with Crippen LogP contribution in [0.25, 0.3) is 0 Å². The first-order valence-corrected chi connectivity index (χ1v) is 7.63. The molecule has 2 aromatic heterocycles. The number of halogens is 1. The molecule has 20 heavy (non-hydrogen) atoms. The average molecular weight is 359 g/mol. The molecule has 0 fully saturated rings. The van der Waals surface area contributed by atoms with Crippen molar-refractivity contribution in [2.45, 2.75) is 11.8 Å². The van der Waals surface area contributed by atoms with Crippen molar-refractivity contribution in [1.29, 1.82) is 0 Å². The highest BCUT2D eigenvalue weighted by atomic mass is 79.9. The van der Waals surface area contributed by atoms with Crippen molar-refractivity contribution < 1.29 is 8.42 Å². The summed E-state index contributed by atoms with van der Waals surface area (Å²) in [6.45, 7) is 1.83. The molecule has 2 rings (SSSR count). The maximum atomic E-state index is 12.1. The predicted octanol–water partition coefficient (Wildman–Crippen LogP) is 1.03. The molecular formula is C10H11BrN6O2S. The Balaban J connectivity index is 2.27. The van der Waals surface area contributed by atoms with Gasteiger partial charge in [0.1, 0.15) is 10.7 Å². The highest BCUT2D eigenvalue weighted by molar-refractivity contribution is 9.10. The summed E-state index contributed by atoms with van der Waals surface area (Å²) in [5.74, 6) is 5.45. The maximum Gasteiger partial charge on any atom is 0.266 e. The van der Waals surface area contributed by atoms with Crippen molar-refractivity contribution in [3.8, 4) is 0 Å². The van der Waals surface area contributed by atoms with Crippen LogP contribution in [0.2, 0.25) is 0 Å². The number of nitrogens with zero attached hydrogens (tertiary/aromatic N) is 3. The lowest BCUT2D eigenvalue weighted by atomic mass is 10.3. The first-order chi connectivity index (χ1) is 9.42. The third-order valence-electron chi connectivity index (χ3n) is 2.35. The molecule has 0 saturated heterocycles. The van der Waals surface area contributed by atoms with Crippen LogP contribution in [0.5, 0.6) is 0 Å². The van der Waals surface area contributed by atoms with E-state index < -0.39 is 10.0 Å². The fourth-order valence-corrected chi connectivity index (χ4v) is 2.43. The molecule has 0 spiro atoms. The van der Waals surface area contributed by atoms with Gasteiger partial charge in [-0.25, -0.2) is 29.2 Å². The number of pyridine rings is 1. The van der Waals surface area contributed by atoms with Crippen molar-refractivity contribution >= 4 is 37.7 Å². The zero-order chi connectivity index (χ0) is 14.8. The molecule has 0 aliphatic rings. The SMILES string of the molecule is Cc1cc(NS(=O)(=O)c2cnc(NN)nc2)ncc1Br. The number of nitrogens with two attached hydrogens (primary N) is 1. The zero-order valence-electron chi connectivity index (χ0n) is 10.3. The van der Waals surface area contributed by atoms with Crippen LogP contribution in [-0.4, -0.2) is 23.4 Å². The topological polar surface area (TPSA) is 123 Å². The lowest BCUT2D eigenvalue weighted by molar-refractivity contribution is 0.600. The Morgan fingerprint density at radius 3 is 2.40 bits per heavy atom. The summed E-state index contributed by atoms with van der Waals surface area (Å²) in [6, 6.07) is 1.61. The molecule has 0 amide bonds. The van der Waals surface area contributed by atoms with Crippen molar-refractivity contribution in [2.75, 3.05) is 10.1 Å². The number of aryl methyl sites for hydroxylation is 1. The third-order valence-corrected chi connectivity index (χ3v) is 4.49. The fourth-order valence-electron chi connectivity index (χ4n) is 1.32. The first-order valence-electron chi connectivity index (χ1n) is 5.36. The largest absolute Gasteiger partial charge is 0.292 e.